The Labute approximate surface area is 147 Å². The first-order chi connectivity index (χ1) is 11.6. The Bertz CT molecular complexity index is 830. The standard InChI is InChI=1S/C16H16N4O2S2/c1-10-12(8-13(17)21)24-16(18-10)23-9-15-19-14(20-22-15)7-11-5-3-2-4-6-11/h2-6H,7-9H2,1H3,(H2,17,21). The van der Waals surface area contributed by atoms with Gasteiger partial charge in [0.1, 0.15) is 0 Å². The number of carbonyl (C=O) groups excluding carboxylic acids is 1. The maximum Gasteiger partial charge on any atom is 0.237 e. The highest BCUT2D eigenvalue weighted by Crippen LogP contribution is 2.29. The third-order valence-corrected chi connectivity index (χ3v) is 5.53. The number of hydrogen-bond acceptors (Lipinski definition) is 7. The highest BCUT2D eigenvalue weighted by atomic mass is 32.2. The van der Waals surface area contributed by atoms with Gasteiger partial charge in [0.05, 0.1) is 17.9 Å². The minimum Gasteiger partial charge on any atom is -0.369 e. The number of amides is 1. The van der Waals surface area contributed by atoms with Gasteiger partial charge in [-0.25, -0.2) is 4.98 Å². The van der Waals surface area contributed by atoms with Crippen molar-refractivity contribution in [1.29, 1.82) is 0 Å². The number of hydrogen-bond donors (Lipinski definition) is 1. The molecule has 0 radical (unpaired) electrons. The summed E-state index contributed by atoms with van der Waals surface area (Å²) in [6, 6.07) is 10.0. The SMILES string of the molecule is Cc1nc(SCc2nc(Cc3ccccc3)no2)sc1CC(N)=O. The van der Waals surface area contributed by atoms with E-state index in [1.165, 1.54) is 23.1 Å². The lowest BCUT2D eigenvalue weighted by atomic mass is 10.1. The predicted octanol–water partition coefficient (Wildman–Crippen LogP) is 2.75. The van der Waals surface area contributed by atoms with Crippen LogP contribution in [0, 0.1) is 6.92 Å². The Morgan fingerprint density at radius 1 is 1.29 bits per heavy atom. The van der Waals surface area contributed by atoms with Crippen molar-refractivity contribution in [3.63, 3.8) is 0 Å². The summed E-state index contributed by atoms with van der Waals surface area (Å²) in [7, 11) is 0. The van der Waals surface area contributed by atoms with E-state index in [4.69, 9.17) is 10.3 Å². The molecule has 0 unspecified atom stereocenters. The van der Waals surface area contributed by atoms with Crippen molar-refractivity contribution in [2.45, 2.75) is 29.9 Å². The number of rotatable bonds is 7. The molecule has 124 valence electrons. The van der Waals surface area contributed by atoms with Crippen molar-refractivity contribution in [2.24, 2.45) is 5.73 Å². The molecule has 0 fully saturated rings. The lowest BCUT2D eigenvalue weighted by molar-refractivity contribution is -0.117. The summed E-state index contributed by atoms with van der Waals surface area (Å²) in [5, 5.41) is 4.01. The first-order valence-electron chi connectivity index (χ1n) is 7.33. The fourth-order valence-electron chi connectivity index (χ4n) is 2.11. The maximum absolute atomic E-state index is 11.0. The van der Waals surface area contributed by atoms with E-state index in [1.54, 1.807) is 0 Å². The van der Waals surface area contributed by atoms with E-state index in [0.29, 0.717) is 23.9 Å². The Morgan fingerprint density at radius 2 is 2.08 bits per heavy atom. The summed E-state index contributed by atoms with van der Waals surface area (Å²) in [5.74, 6) is 1.43. The molecule has 2 heterocycles. The van der Waals surface area contributed by atoms with Crippen LogP contribution in [0.25, 0.3) is 0 Å². The molecule has 0 aliphatic carbocycles. The number of nitrogens with two attached hydrogens (primary N) is 1. The van der Waals surface area contributed by atoms with Gasteiger partial charge in [0.2, 0.25) is 11.8 Å². The molecular formula is C16H16N4O2S2. The van der Waals surface area contributed by atoms with Gasteiger partial charge in [-0.15, -0.1) is 11.3 Å². The summed E-state index contributed by atoms with van der Waals surface area (Å²) in [4.78, 5) is 20.8. The van der Waals surface area contributed by atoms with Gasteiger partial charge in [0.25, 0.3) is 0 Å². The summed E-state index contributed by atoms with van der Waals surface area (Å²) >= 11 is 2.99. The number of nitrogens with zero attached hydrogens (tertiary/aromatic N) is 3. The lowest BCUT2D eigenvalue weighted by Crippen LogP contribution is -2.13. The van der Waals surface area contributed by atoms with E-state index >= 15 is 0 Å². The minimum atomic E-state index is -0.347. The molecule has 2 N–H and O–H groups in total. The van der Waals surface area contributed by atoms with E-state index in [0.717, 1.165) is 20.5 Å². The van der Waals surface area contributed by atoms with Crippen molar-refractivity contribution < 1.29 is 9.32 Å². The van der Waals surface area contributed by atoms with Gasteiger partial charge in [-0.1, -0.05) is 47.3 Å². The zero-order valence-electron chi connectivity index (χ0n) is 13.1. The Hall–Kier alpha value is -2.19. The van der Waals surface area contributed by atoms with Crippen LogP contribution in [0.15, 0.2) is 39.2 Å². The number of aromatic nitrogens is 3. The number of thiazole rings is 1. The van der Waals surface area contributed by atoms with Crippen LogP contribution in [0.1, 0.15) is 27.8 Å². The van der Waals surface area contributed by atoms with Gasteiger partial charge < -0.3 is 10.3 Å². The Kier molecular flexibility index (Phi) is 5.27. The molecule has 0 aliphatic rings. The molecule has 0 saturated heterocycles. The maximum atomic E-state index is 11.0. The topological polar surface area (TPSA) is 94.9 Å². The molecule has 6 nitrogen and oxygen atoms in total. The summed E-state index contributed by atoms with van der Waals surface area (Å²) in [5.41, 5.74) is 7.22. The molecule has 8 heteroatoms. The van der Waals surface area contributed by atoms with E-state index in [9.17, 15) is 4.79 Å². The van der Waals surface area contributed by atoms with Crippen LogP contribution in [0.5, 0.6) is 0 Å². The molecule has 3 rings (SSSR count). The highest BCUT2D eigenvalue weighted by molar-refractivity contribution is 8.00. The van der Waals surface area contributed by atoms with Crippen LogP contribution in [0.2, 0.25) is 0 Å². The highest BCUT2D eigenvalue weighted by Gasteiger charge is 2.13. The second kappa shape index (κ2) is 7.59. The lowest BCUT2D eigenvalue weighted by Gasteiger charge is -1.94. The third-order valence-electron chi connectivity index (χ3n) is 3.24. The second-order valence-electron chi connectivity index (χ2n) is 5.19. The molecule has 0 atom stereocenters. The average Bonchev–Trinajstić information content (AvgIpc) is 3.13. The van der Waals surface area contributed by atoms with Gasteiger partial charge >= 0.3 is 0 Å². The first-order valence-corrected chi connectivity index (χ1v) is 9.13. The second-order valence-corrected chi connectivity index (χ2v) is 7.49. The van der Waals surface area contributed by atoms with E-state index in [-0.39, 0.29) is 12.3 Å². The fraction of sp³-hybridized carbons (Fsp3) is 0.250. The molecular weight excluding hydrogens is 344 g/mol. The number of carbonyl (C=O) groups is 1. The monoisotopic (exact) mass is 360 g/mol. The minimum absolute atomic E-state index is 0.228. The van der Waals surface area contributed by atoms with Crippen molar-refractivity contribution in [3.8, 4) is 0 Å². The Morgan fingerprint density at radius 3 is 2.83 bits per heavy atom. The largest absolute Gasteiger partial charge is 0.369 e. The summed E-state index contributed by atoms with van der Waals surface area (Å²) in [6.07, 6.45) is 0.875. The van der Waals surface area contributed by atoms with Gasteiger partial charge in [-0.3, -0.25) is 4.79 Å². The van der Waals surface area contributed by atoms with Gasteiger partial charge in [-0.05, 0) is 12.5 Å². The molecule has 0 saturated carbocycles. The van der Waals surface area contributed by atoms with Crippen molar-refractivity contribution in [3.05, 3.63) is 58.2 Å². The molecule has 0 spiro atoms. The molecule has 1 aromatic carbocycles. The van der Waals surface area contributed by atoms with Crippen molar-refractivity contribution in [1.82, 2.24) is 15.1 Å². The number of benzene rings is 1. The van der Waals surface area contributed by atoms with Crippen molar-refractivity contribution >= 4 is 29.0 Å². The molecule has 2 aromatic heterocycles. The molecule has 0 aliphatic heterocycles. The predicted molar refractivity (Wildman–Crippen MR) is 92.9 cm³/mol. The van der Waals surface area contributed by atoms with Crippen LogP contribution in [-0.2, 0) is 23.4 Å². The van der Waals surface area contributed by atoms with Crippen LogP contribution in [0.4, 0.5) is 0 Å². The van der Waals surface area contributed by atoms with E-state index in [1.807, 2.05) is 37.3 Å². The zero-order valence-corrected chi connectivity index (χ0v) is 14.7. The molecule has 3 aromatic rings. The van der Waals surface area contributed by atoms with Gasteiger partial charge in [0.15, 0.2) is 10.2 Å². The summed E-state index contributed by atoms with van der Waals surface area (Å²) < 4.78 is 6.15. The summed E-state index contributed by atoms with van der Waals surface area (Å²) in [6.45, 7) is 1.88. The van der Waals surface area contributed by atoms with E-state index in [2.05, 4.69) is 15.1 Å². The first kappa shape index (κ1) is 16.7. The molecule has 1 amide bonds. The zero-order chi connectivity index (χ0) is 16.9. The van der Waals surface area contributed by atoms with Gasteiger partial charge in [-0.2, -0.15) is 4.98 Å². The van der Waals surface area contributed by atoms with E-state index < -0.39 is 0 Å². The van der Waals surface area contributed by atoms with Crippen LogP contribution in [-0.4, -0.2) is 21.0 Å². The number of thioether (sulfide) groups is 1. The Balaban J connectivity index is 1.58. The number of aryl methyl sites for hydroxylation is 1. The number of primary amides is 1. The normalized spacial score (nSPS) is 10.9. The smallest absolute Gasteiger partial charge is 0.237 e. The quantitative estimate of drug-likeness (QED) is 0.651. The third kappa shape index (κ3) is 4.42. The average molecular weight is 360 g/mol. The van der Waals surface area contributed by atoms with Crippen LogP contribution < -0.4 is 5.73 Å². The molecule has 0 bridgehead atoms. The van der Waals surface area contributed by atoms with Crippen LogP contribution in [0.3, 0.4) is 0 Å². The fourth-order valence-corrected chi connectivity index (χ4v) is 4.19. The van der Waals surface area contributed by atoms with Gasteiger partial charge in [0, 0.05) is 11.3 Å². The van der Waals surface area contributed by atoms with Crippen molar-refractivity contribution in [2.75, 3.05) is 0 Å². The molecule has 24 heavy (non-hydrogen) atoms. The van der Waals surface area contributed by atoms with Crippen LogP contribution >= 0.6 is 23.1 Å².